The lowest BCUT2D eigenvalue weighted by atomic mass is 10.0. The lowest BCUT2D eigenvalue weighted by Gasteiger charge is -2.12. The standard InChI is InChI=1S/C10H8F4O2/c1-5(15)8-6(9(11)12)3-2-4-7(8)16-10(13)14/h2-4,9-10H,1H3. The summed E-state index contributed by atoms with van der Waals surface area (Å²) in [4.78, 5) is 11.1. The van der Waals surface area contributed by atoms with Gasteiger partial charge >= 0.3 is 6.61 Å². The summed E-state index contributed by atoms with van der Waals surface area (Å²) in [5.41, 5.74) is -1.11. The summed E-state index contributed by atoms with van der Waals surface area (Å²) < 4.78 is 53.0. The fourth-order valence-corrected chi connectivity index (χ4v) is 1.30. The predicted octanol–water partition coefficient (Wildman–Crippen LogP) is 3.43. The highest BCUT2D eigenvalue weighted by atomic mass is 19.3. The average molecular weight is 236 g/mol. The van der Waals surface area contributed by atoms with E-state index in [1.807, 2.05) is 0 Å². The zero-order chi connectivity index (χ0) is 12.3. The van der Waals surface area contributed by atoms with Gasteiger partial charge in [0.15, 0.2) is 5.78 Å². The van der Waals surface area contributed by atoms with Crippen molar-refractivity contribution in [3.8, 4) is 5.75 Å². The molecular formula is C10H8F4O2. The first-order chi connectivity index (χ1) is 7.43. The molecule has 0 bridgehead atoms. The van der Waals surface area contributed by atoms with Crippen molar-refractivity contribution in [3.63, 3.8) is 0 Å². The van der Waals surface area contributed by atoms with Crippen LogP contribution in [-0.2, 0) is 0 Å². The van der Waals surface area contributed by atoms with E-state index in [2.05, 4.69) is 4.74 Å². The number of ketones is 1. The van der Waals surface area contributed by atoms with E-state index < -0.39 is 35.7 Å². The van der Waals surface area contributed by atoms with Crippen LogP contribution in [0.15, 0.2) is 18.2 Å². The molecule has 16 heavy (non-hydrogen) atoms. The minimum Gasteiger partial charge on any atom is -0.434 e. The minimum atomic E-state index is -3.16. The number of Topliss-reactive ketones (excluding diaryl/α,β-unsaturated/α-hetero) is 1. The van der Waals surface area contributed by atoms with E-state index in [1.165, 1.54) is 0 Å². The zero-order valence-electron chi connectivity index (χ0n) is 8.22. The molecule has 0 radical (unpaired) electrons. The van der Waals surface area contributed by atoms with Gasteiger partial charge in [-0.25, -0.2) is 8.78 Å². The number of alkyl halides is 4. The predicted molar refractivity (Wildman–Crippen MR) is 48.0 cm³/mol. The SMILES string of the molecule is CC(=O)c1c(OC(F)F)cccc1C(F)F. The van der Waals surface area contributed by atoms with Crippen LogP contribution in [0.25, 0.3) is 0 Å². The first-order valence-electron chi connectivity index (χ1n) is 4.30. The lowest BCUT2D eigenvalue weighted by Crippen LogP contribution is -2.09. The van der Waals surface area contributed by atoms with Crippen LogP contribution in [0.4, 0.5) is 17.6 Å². The Kier molecular flexibility index (Phi) is 3.87. The zero-order valence-corrected chi connectivity index (χ0v) is 8.22. The van der Waals surface area contributed by atoms with Gasteiger partial charge in [0.05, 0.1) is 5.56 Å². The van der Waals surface area contributed by atoms with Gasteiger partial charge in [-0.1, -0.05) is 12.1 Å². The second kappa shape index (κ2) is 4.96. The van der Waals surface area contributed by atoms with Gasteiger partial charge in [-0.05, 0) is 13.0 Å². The quantitative estimate of drug-likeness (QED) is 0.591. The van der Waals surface area contributed by atoms with Crippen molar-refractivity contribution >= 4 is 5.78 Å². The molecule has 0 saturated heterocycles. The minimum absolute atomic E-state index is 0.502. The van der Waals surface area contributed by atoms with Gasteiger partial charge in [-0.3, -0.25) is 4.79 Å². The summed E-state index contributed by atoms with van der Waals surface area (Å²) in [5, 5.41) is 0. The number of rotatable bonds is 4. The summed E-state index contributed by atoms with van der Waals surface area (Å²) in [6.07, 6.45) is -2.92. The Morgan fingerprint density at radius 2 is 1.88 bits per heavy atom. The number of hydrogen-bond acceptors (Lipinski definition) is 2. The van der Waals surface area contributed by atoms with Gasteiger partial charge in [0.1, 0.15) is 5.75 Å². The molecule has 1 aromatic rings. The first-order valence-corrected chi connectivity index (χ1v) is 4.30. The van der Waals surface area contributed by atoms with Crippen LogP contribution in [0.5, 0.6) is 5.75 Å². The highest BCUT2D eigenvalue weighted by Gasteiger charge is 2.21. The van der Waals surface area contributed by atoms with E-state index in [0.717, 1.165) is 25.1 Å². The third-order valence-corrected chi connectivity index (χ3v) is 1.86. The molecular weight excluding hydrogens is 228 g/mol. The Balaban J connectivity index is 3.27. The fraction of sp³-hybridized carbons (Fsp3) is 0.300. The first kappa shape index (κ1) is 12.5. The van der Waals surface area contributed by atoms with Crippen molar-refractivity contribution in [3.05, 3.63) is 29.3 Å². The van der Waals surface area contributed by atoms with Gasteiger partial charge in [0, 0.05) is 5.56 Å². The van der Waals surface area contributed by atoms with Crippen LogP contribution >= 0.6 is 0 Å². The van der Waals surface area contributed by atoms with E-state index >= 15 is 0 Å². The Morgan fingerprint density at radius 3 is 2.31 bits per heavy atom. The number of halogens is 4. The fourth-order valence-electron chi connectivity index (χ4n) is 1.30. The van der Waals surface area contributed by atoms with Crippen LogP contribution in [-0.4, -0.2) is 12.4 Å². The van der Waals surface area contributed by atoms with Crippen LogP contribution in [0.2, 0.25) is 0 Å². The molecule has 1 rings (SSSR count). The molecule has 0 aliphatic carbocycles. The molecule has 0 amide bonds. The molecule has 2 nitrogen and oxygen atoms in total. The Bertz CT molecular complexity index is 390. The maximum atomic E-state index is 12.5. The smallest absolute Gasteiger partial charge is 0.387 e. The summed E-state index contributed by atoms with van der Waals surface area (Å²) >= 11 is 0. The molecule has 0 saturated carbocycles. The Morgan fingerprint density at radius 1 is 1.25 bits per heavy atom. The average Bonchev–Trinajstić information content (AvgIpc) is 2.15. The summed E-state index contributed by atoms with van der Waals surface area (Å²) in [5.74, 6) is -1.27. The van der Waals surface area contributed by atoms with Gasteiger partial charge in [-0.2, -0.15) is 8.78 Å². The van der Waals surface area contributed by atoms with Gasteiger partial charge in [0.2, 0.25) is 0 Å². The van der Waals surface area contributed by atoms with Crippen LogP contribution in [0.3, 0.4) is 0 Å². The van der Waals surface area contributed by atoms with Crippen molar-refractivity contribution in [1.82, 2.24) is 0 Å². The molecule has 0 heterocycles. The number of carbonyl (C=O) groups excluding carboxylic acids is 1. The van der Waals surface area contributed by atoms with Crippen LogP contribution < -0.4 is 4.74 Å². The third kappa shape index (κ3) is 2.71. The van der Waals surface area contributed by atoms with Crippen LogP contribution in [0, 0.1) is 0 Å². The number of ether oxygens (including phenoxy) is 1. The van der Waals surface area contributed by atoms with Crippen molar-refractivity contribution in [2.24, 2.45) is 0 Å². The summed E-state index contributed by atoms with van der Waals surface area (Å²) in [7, 11) is 0. The summed E-state index contributed by atoms with van der Waals surface area (Å²) in [6, 6.07) is 3.18. The number of benzene rings is 1. The monoisotopic (exact) mass is 236 g/mol. The van der Waals surface area contributed by atoms with E-state index in [9.17, 15) is 22.4 Å². The molecule has 0 unspecified atom stereocenters. The largest absolute Gasteiger partial charge is 0.434 e. The van der Waals surface area contributed by atoms with E-state index in [-0.39, 0.29) is 0 Å². The van der Waals surface area contributed by atoms with Gasteiger partial charge in [-0.15, -0.1) is 0 Å². The molecule has 0 spiro atoms. The normalized spacial score (nSPS) is 10.9. The van der Waals surface area contributed by atoms with Crippen molar-refractivity contribution in [2.45, 2.75) is 20.0 Å². The second-order valence-corrected chi connectivity index (χ2v) is 2.96. The molecule has 88 valence electrons. The molecule has 0 aromatic heterocycles. The van der Waals surface area contributed by atoms with Crippen molar-refractivity contribution in [1.29, 1.82) is 0 Å². The molecule has 1 aromatic carbocycles. The van der Waals surface area contributed by atoms with E-state index in [1.54, 1.807) is 0 Å². The van der Waals surface area contributed by atoms with Gasteiger partial charge < -0.3 is 4.74 Å². The molecule has 6 heteroatoms. The highest BCUT2D eigenvalue weighted by molar-refractivity contribution is 5.98. The van der Waals surface area contributed by atoms with Crippen molar-refractivity contribution in [2.75, 3.05) is 0 Å². The van der Waals surface area contributed by atoms with E-state index in [4.69, 9.17) is 0 Å². The van der Waals surface area contributed by atoms with Crippen molar-refractivity contribution < 1.29 is 27.1 Å². The van der Waals surface area contributed by atoms with E-state index in [0.29, 0.717) is 0 Å². The Hall–Kier alpha value is -1.59. The molecule has 0 atom stereocenters. The van der Waals surface area contributed by atoms with Gasteiger partial charge in [0.25, 0.3) is 6.43 Å². The number of hydrogen-bond donors (Lipinski definition) is 0. The molecule has 0 aliphatic rings. The third-order valence-electron chi connectivity index (χ3n) is 1.86. The Labute approximate surface area is 88.8 Å². The maximum absolute atomic E-state index is 12.5. The topological polar surface area (TPSA) is 26.3 Å². The summed E-state index contributed by atoms with van der Waals surface area (Å²) in [6.45, 7) is -2.15. The lowest BCUT2D eigenvalue weighted by molar-refractivity contribution is -0.0503. The molecule has 0 N–H and O–H groups in total. The maximum Gasteiger partial charge on any atom is 0.387 e. The number of carbonyl (C=O) groups is 1. The molecule has 0 aliphatic heterocycles. The second-order valence-electron chi connectivity index (χ2n) is 2.96. The van der Waals surface area contributed by atoms with Crippen LogP contribution in [0.1, 0.15) is 29.3 Å². The molecule has 0 fully saturated rings. The highest BCUT2D eigenvalue weighted by Crippen LogP contribution is 2.31.